The molecule has 0 unspecified atom stereocenters. The largest absolute Gasteiger partial charge is 0.493 e. The zero-order valence-corrected chi connectivity index (χ0v) is 16.6. The number of methoxy groups -OCH3 is 2. The van der Waals surface area contributed by atoms with Crippen LogP contribution in [0, 0.1) is 0 Å². The molecule has 0 radical (unpaired) electrons. The van der Waals surface area contributed by atoms with Gasteiger partial charge in [0, 0.05) is 12.2 Å². The molecule has 28 heavy (non-hydrogen) atoms. The predicted octanol–water partition coefficient (Wildman–Crippen LogP) is 2.79. The van der Waals surface area contributed by atoms with Crippen LogP contribution in [0.5, 0.6) is 17.2 Å². The van der Waals surface area contributed by atoms with Crippen LogP contribution in [0.3, 0.4) is 0 Å². The molecule has 0 atom stereocenters. The first kappa shape index (κ1) is 21.1. The molecule has 0 saturated carbocycles. The zero-order chi connectivity index (χ0) is 20.5. The fraction of sp³-hybridized carbons (Fsp3) is 0.333. The van der Waals surface area contributed by atoms with E-state index in [-0.39, 0.29) is 6.10 Å². The molecule has 0 bridgehead atoms. The van der Waals surface area contributed by atoms with E-state index >= 15 is 0 Å². The van der Waals surface area contributed by atoms with Gasteiger partial charge < -0.3 is 24.8 Å². The van der Waals surface area contributed by atoms with E-state index in [0.717, 1.165) is 5.56 Å². The third-order valence-corrected chi connectivity index (χ3v) is 3.84. The molecule has 2 aromatic carbocycles. The van der Waals surface area contributed by atoms with Gasteiger partial charge in [-0.1, -0.05) is 6.07 Å². The Morgan fingerprint density at radius 1 is 0.929 bits per heavy atom. The molecule has 0 aromatic heterocycles. The molecule has 2 aromatic rings. The van der Waals surface area contributed by atoms with Gasteiger partial charge in [0.15, 0.2) is 11.5 Å². The highest BCUT2D eigenvalue weighted by Crippen LogP contribution is 2.27. The summed E-state index contributed by atoms with van der Waals surface area (Å²) < 4.78 is 16.0. The quantitative estimate of drug-likeness (QED) is 0.682. The Morgan fingerprint density at radius 3 is 2.21 bits per heavy atom. The number of hydrogen-bond donors (Lipinski definition) is 2. The van der Waals surface area contributed by atoms with Gasteiger partial charge in [0.1, 0.15) is 5.75 Å². The van der Waals surface area contributed by atoms with E-state index in [9.17, 15) is 9.59 Å². The maximum Gasteiger partial charge on any atom is 0.313 e. The third-order valence-electron chi connectivity index (χ3n) is 3.84. The molecule has 0 aliphatic rings. The van der Waals surface area contributed by atoms with E-state index in [1.54, 1.807) is 44.6 Å². The molecular formula is C21H26N2O5. The molecule has 0 heterocycles. The molecule has 0 fully saturated rings. The first-order valence-corrected chi connectivity index (χ1v) is 8.99. The lowest BCUT2D eigenvalue weighted by atomic mass is 10.1. The molecular weight excluding hydrogens is 360 g/mol. The molecule has 7 nitrogen and oxygen atoms in total. The van der Waals surface area contributed by atoms with Crippen LogP contribution in [0.25, 0.3) is 0 Å². The smallest absolute Gasteiger partial charge is 0.313 e. The number of nitrogens with one attached hydrogen (secondary N) is 2. The summed E-state index contributed by atoms with van der Waals surface area (Å²) in [5.74, 6) is 0.550. The van der Waals surface area contributed by atoms with Crippen LogP contribution in [-0.2, 0) is 16.0 Å². The Bertz CT molecular complexity index is 803. The molecule has 7 heteroatoms. The van der Waals surface area contributed by atoms with Crippen LogP contribution in [0.1, 0.15) is 19.4 Å². The highest BCUT2D eigenvalue weighted by Gasteiger charge is 2.13. The summed E-state index contributed by atoms with van der Waals surface area (Å²) >= 11 is 0. The van der Waals surface area contributed by atoms with Gasteiger partial charge in [0.25, 0.3) is 0 Å². The lowest BCUT2D eigenvalue weighted by Gasteiger charge is -2.11. The second-order valence-electron chi connectivity index (χ2n) is 6.34. The lowest BCUT2D eigenvalue weighted by molar-refractivity contribution is -0.136. The molecule has 2 rings (SSSR count). The molecule has 0 aliphatic carbocycles. The van der Waals surface area contributed by atoms with Crippen molar-refractivity contribution < 1.29 is 23.8 Å². The van der Waals surface area contributed by atoms with Gasteiger partial charge in [-0.15, -0.1) is 0 Å². The number of amides is 2. The summed E-state index contributed by atoms with van der Waals surface area (Å²) in [6.45, 7) is 4.19. The number of carbonyl (C=O) groups excluding carboxylic acids is 2. The maximum absolute atomic E-state index is 12.0. The van der Waals surface area contributed by atoms with E-state index in [0.29, 0.717) is 35.9 Å². The second-order valence-corrected chi connectivity index (χ2v) is 6.34. The monoisotopic (exact) mass is 386 g/mol. The standard InChI is InChI=1S/C21H26N2O5/c1-14(2)28-17-8-6-16(7-9-17)23-21(25)20(24)22-12-11-15-5-10-18(26-3)19(13-15)27-4/h5-10,13-14H,11-12H2,1-4H3,(H,22,24)(H,23,25). The lowest BCUT2D eigenvalue weighted by Crippen LogP contribution is -2.36. The fourth-order valence-electron chi connectivity index (χ4n) is 2.51. The molecule has 150 valence electrons. The number of benzene rings is 2. The van der Waals surface area contributed by atoms with Crippen LogP contribution in [0.2, 0.25) is 0 Å². The summed E-state index contributed by atoms with van der Waals surface area (Å²) in [7, 11) is 3.14. The topological polar surface area (TPSA) is 85.9 Å². The summed E-state index contributed by atoms with van der Waals surface area (Å²) in [4.78, 5) is 24.0. The minimum absolute atomic E-state index is 0.0666. The normalized spacial score (nSPS) is 10.3. The van der Waals surface area contributed by atoms with Crippen LogP contribution >= 0.6 is 0 Å². The Hall–Kier alpha value is -3.22. The van der Waals surface area contributed by atoms with Gasteiger partial charge in [0.2, 0.25) is 0 Å². The maximum atomic E-state index is 12.0. The van der Waals surface area contributed by atoms with E-state index < -0.39 is 11.8 Å². The minimum atomic E-state index is -0.718. The summed E-state index contributed by atoms with van der Waals surface area (Å²) in [6.07, 6.45) is 0.623. The second kappa shape index (κ2) is 10.2. The third kappa shape index (κ3) is 6.19. The Balaban J connectivity index is 1.82. The fourth-order valence-corrected chi connectivity index (χ4v) is 2.51. The van der Waals surface area contributed by atoms with Crippen molar-refractivity contribution in [1.82, 2.24) is 5.32 Å². The number of carbonyl (C=O) groups is 2. The molecule has 0 aliphatic heterocycles. The van der Waals surface area contributed by atoms with Crippen molar-refractivity contribution in [3.63, 3.8) is 0 Å². The van der Waals surface area contributed by atoms with Gasteiger partial charge in [-0.25, -0.2) is 0 Å². The average molecular weight is 386 g/mol. The van der Waals surface area contributed by atoms with Gasteiger partial charge in [-0.2, -0.15) is 0 Å². The summed E-state index contributed by atoms with van der Waals surface area (Å²) in [5, 5.41) is 5.17. The number of rotatable bonds is 8. The van der Waals surface area contributed by atoms with Crippen molar-refractivity contribution in [2.45, 2.75) is 26.4 Å². The van der Waals surface area contributed by atoms with Gasteiger partial charge in [-0.05, 0) is 62.2 Å². The van der Waals surface area contributed by atoms with Crippen LogP contribution in [0.4, 0.5) is 5.69 Å². The highest BCUT2D eigenvalue weighted by atomic mass is 16.5. The number of ether oxygens (including phenoxy) is 3. The van der Waals surface area contributed by atoms with Crippen LogP contribution < -0.4 is 24.8 Å². The molecule has 0 saturated heterocycles. The molecule has 2 N–H and O–H groups in total. The first-order chi connectivity index (χ1) is 13.4. The van der Waals surface area contributed by atoms with E-state index in [1.165, 1.54) is 0 Å². The van der Waals surface area contributed by atoms with Crippen LogP contribution in [0.15, 0.2) is 42.5 Å². The SMILES string of the molecule is COc1ccc(CCNC(=O)C(=O)Nc2ccc(OC(C)C)cc2)cc1OC. The Morgan fingerprint density at radius 2 is 1.61 bits per heavy atom. The van der Waals surface area contributed by atoms with Gasteiger partial charge >= 0.3 is 11.8 Å². The van der Waals surface area contributed by atoms with E-state index in [4.69, 9.17) is 14.2 Å². The van der Waals surface area contributed by atoms with E-state index in [2.05, 4.69) is 10.6 Å². The Labute approximate surface area is 165 Å². The summed E-state index contributed by atoms with van der Waals surface area (Å²) in [6, 6.07) is 12.4. The highest BCUT2D eigenvalue weighted by molar-refractivity contribution is 6.39. The predicted molar refractivity (Wildman–Crippen MR) is 107 cm³/mol. The van der Waals surface area contributed by atoms with Crippen molar-refractivity contribution in [2.75, 3.05) is 26.1 Å². The van der Waals surface area contributed by atoms with Crippen molar-refractivity contribution >= 4 is 17.5 Å². The summed E-state index contributed by atoms with van der Waals surface area (Å²) in [5.41, 5.74) is 1.48. The number of anilines is 1. The van der Waals surface area contributed by atoms with Gasteiger partial charge in [-0.3, -0.25) is 9.59 Å². The van der Waals surface area contributed by atoms with Crippen molar-refractivity contribution in [2.24, 2.45) is 0 Å². The first-order valence-electron chi connectivity index (χ1n) is 8.99. The molecule has 0 spiro atoms. The number of hydrogen-bond acceptors (Lipinski definition) is 5. The average Bonchev–Trinajstić information content (AvgIpc) is 2.68. The van der Waals surface area contributed by atoms with Gasteiger partial charge in [0.05, 0.1) is 20.3 Å². The Kier molecular flexibility index (Phi) is 7.68. The van der Waals surface area contributed by atoms with Crippen molar-refractivity contribution in [3.05, 3.63) is 48.0 Å². The minimum Gasteiger partial charge on any atom is -0.493 e. The van der Waals surface area contributed by atoms with Crippen molar-refractivity contribution in [1.29, 1.82) is 0 Å². The van der Waals surface area contributed by atoms with Crippen molar-refractivity contribution in [3.8, 4) is 17.2 Å². The molecule has 2 amide bonds. The van der Waals surface area contributed by atoms with E-state index in [1.807, 2.05) is 26.0 Å². The zero-order valence-electron chi connectivity index (χ0n) is 16.6. The van der Waals surface area contributed by atoms with Crippen LogP contribution in [-0.4, -0.2) is 38.7 Å².